The van der Waals surface area contributed by atoms with Gasteiger partial charge in [0.25, 0.3) is 0 Å². The quantitative estimate of drug-likeness (QED) is 0.399. The highest BCUT2D eigenvalue weighted by Gasteiger charge is 2.22. The Hall–Kier alpha value is -2.89. The third-order valence-corrected chi connectivity index (χ3v) is 5.34. The second-order valence-electron chi connectivity index (χ2n) is 7.64. The molecule has 0 saturated heterocycles. The maximum atomic E-state index is 6.37. The number of aryl methyl sites for hydroxylation is 1. The molecule has 0 N–H and O–H groups in total. The lowest BCUT2D eigenvalue weighted by molar-refractivity contribution is 0.402. The van der Waals surface area contributed by atoms with E-state index < -0.39 is 0 Å². The standard InChI is InChI=1S/C24H26ClN5/c1-18-23-27-22(19-9-5-4-6-10-19)24(30(23)16-13-26-18)29(15-8-14-28(2)3)21-12-7-11-20(25)17-21/h4-7,9-13,16-17H,8,14-15H2,1-3H3. The second kappa shape index (κ2) is 8.86. The van der Waals surface area contributed by atoms with Crippen molar-refractivity contribution >= 4 is 28.8 Å². The number of anilines is 2. The zero-order chi connectivity index (χ0) is 21.1. The van der Waals surface area contributed by atoms with Gasteiger partial charge in [-0.3, -0.25) is 9.38 Å². The van der Waals surface area contributed by atoms with E-state index in [0.29, 0.717) is 0 Å². The second-order valence-corrected chi connectivity index (χ2v) is 8.08. The molecule has 0 aliphatic rings. The van der Waals surface area contributed by atoms with Crippen molar-refractivity contribution in [2.45, 2.75) is 13.3 Å². The van der Waals surface area contributed by atoms with E-state index in [-0.39, 0.29) is 0 Å². The molecule has 30 heavy (non-hydrogen) atoms. The highest BCUT2D eigenvalue weighted by atomic mass is 35.5. The minimum Gasteiger partial charge on any atom is -0.326 e. The zero-order valence-corrected chi connectivity index (χ0v) is 18.3. The number of nitrogens with zero attached hydrogens (tertiary/aromatic N) is 5. The third kappa shape index (κ3) is 4.18. The van der Waals surface area contributed by atoms with Crippen molar-refractivity contribution < 1.29 is 0 Å². The molecule has 0 amide bonds. The van der Waals surface area contributed by atoms with Crippen LogP contribution >= 0.6 is 11.6 Å². The third-order valence-electron chi connectivity index (χ3n) is 5.10. The summed E-state index contributed by atoms with van der Waals surface area (Å²) in [6.45, 7) is 3.83. The molecule has 4 rings (SSSR count). The molecule has 154 valence electrons. The van der Waals surface area contributed by atoms with E-state index in [1.165, 1.54) is 0 Å². The van der Waals surface area contributed by atoms with Crippen LogP contribution in [0.1, 0.15) is 12.1 Å². The molecule has 0 saturated carbocycles. The van der Waals surface area contributed by atoms with Crippen molar-refractivity contribution in [3.8, 4) is 11.3 Å². The van der Waals surface area contributed by atoms with E-state index >= 15 is 0 Å². The Morgan fingerprint density at radius 1 is 1.00 bits per heavy atom. The van der Waals surface area contributed by atoms with Crippen LogP contribution in [0.4, 0.5) is 11.5 Å². The fourth-order valence-corrected chi connectivity index (χ4v) is 3.87. The van der Waals surface area contributed by atoms with Gasteiger partial charge in [-0.15, -0.1) is 0 Å². The molecule has 0 bridgehead atoms. The summed E-state index contributed by atoms with van der Waals surface area (Å²) in [7, 11) is 4.20. The van der Waals surface area contributed by atoms with Gasteiger partial charge in [0.05, 0.1) is 5.69 Å². The lowest BCUT2D eigenvalue weighted by Gasteiger charge is -2.26. The Morgan fingerprint density at radius 2 is 1.80 bits per heavy atom. The first kappa shape index (κ1) is 20.4. The van der Waals surface area contributed by atoms with Crippen LogP contribution in [0.25, 0.3) is 16.9 Å². The molecule has 2 aromatic carbocycles. The minimum absolute atomic E-state index is 0.720. The van der Waals surface area contributed by atoms with Crippen molar-refractivity contribution in [1.29, 1.82) is 0 Å². The van der Waals surface area contributed by atoms with Gasteiger partial charge >= 0.3 is 0 Å². The van der Waals surface area contributed by atoms with Crippen molar-refractivity contribution in [1.82, 2.24) is 19.3 Å². The van der Waals surface area contributed by atoms with E-state index in [4.69, 9.17) is 16.6 Å². The van der Waals surface area contributed by atoms with Crippen LogP contribution < -0.4 is 4.90 Å². The SMILES string of the molecule is Cc1nccn2c(N(CCCN(C)C)c3cccc(Cl)c3)c(-c3ccccc3)nc12. The van der Waals surface area contributed by atoms with Crippen LogP contribution in [-0.2, 0) is 0 Å². The summed E-state index contributed by atoms with van der Waals surface area (Å²) in [5, 5.41) is 0.720. The molecule has 0 atom stereocenters. The van der Waals surface area contributed by atoms with E-state index in [2.05, 4.69) is 51.5 Å². The molecular formula is C24H26ClN5. The van der Waals surface area contributed by atoms with Gasteiger partial charge in [0.2, 0.25) is 0 Å². The average Bonchev–Trinajstić information content (AvgIpc) is 3.12. The number of imidazole rings is 1. The minimum atomic E-state index is 0.720. The number of hydrogen-bond acceptors (Lipinski definition) is 4. The highest BCUT2D eigenvalue weighted by molar-refractivity contribution is 6.30. The van der Waals surface area contributed by atoms with Crippen molar-refractivity contribution in [2.75, 3.05) is 32.1 Å². The molecular weight excluding hydrogens is 394 g/mol. The van der Waals surface area contributed by atoms with Crippen molar-refractivity contribution in [2.24, 2.45) is 0 Å². The van der Waals surface area contributed by atoms with Crippen LogP contribution in [0.3, 0.4) is 0 Å². The summed E-state index contributed by atoms with van der Waals surface area (Å²) in [4.78, 5) is 14.0. The normalized spacial score (nSPS) is 11.4. The monoisotopic (exact) mass is 419 g/mol. The van der Waals surface area contributed by atoms with Crippen molar-refractivity contribution in [3.05, 3.63) is 77.7 Å². The first-order valence-electron chi connectivity index (χ1n) is 10.1. The number of hydrogen-bond donors (Lipinski definition) is 0. The van der Waals surface area contributed by atoms with Gasteiger partial charge in [0.1, 0.15) is 11.5 Å². The van der Waals surface area contributed by atoms with Crippen LogP contribution in [0.2, 0.25) is 5.02 Å². The van der Waals surface area contributed by atoms with Crippen LogP contribution in [0.15, 0.2) is 67.0 Å². The number of halogens is 1. The summed E-state index contributed by atoms with van der Waals surface area (Å²) >= 11 is 6.37. The Bertz CT molecular complexity index is 1140. The van der Waals surface area contributed by atoms with Crippen LogP contribution in [0.5, 0.6) is 0 Å². The summed E-state index contributed by atoms with van der Waals surface area (Å²) in [6.07, 6.45) is 4.82. The summed E-state index contributed by atoms with van der Waals surface area (Å²) in [6, 6.07) is 18.3. The molecule has 0 aliphatic carbocycles. The maximum absolute atomic E-state index is 6.37. The molecule has 5 nitrogen and oxygen atoms in total. The van der Waals surface area contributed by atoms with Gasteiger partial charge in [-0.2, -0.15) is 0 Å². The predicted octanol–water partition coefficient (Wildman–Crippen LogP) is 5.45. The Kier molecular flexibility index (Phi) is 6.02. The topological polar surface area (TPSA) is 36.7 Å². The lowest BCUT2D eigenvalue weighted by atomic mass is 10.1. The van der Waals surface area contributed by atoms with Gasteiger partial charge in [0.15, 0.2) is 5.65 Å². The lowest BCUT2D eigenvalue weighted by Crippen LogP contribution is -2.24. The summed E-state index contributed by atoms with van der Waals surface area (Å²) in [5.74, 6) is 1.03. The van der Waals surface area contributed by atoms with E-state index in [9.17, 15) is 0 Å². The molecule has 2 aromatic heterocycles. The molecule has 2 heterocycles. The Labute approximate surface area is 182 Å². The Morgan fingerprint density at radius 3 is 2.53 bits per heavy atom. The fourth-order valence-electron chi connectivity index (χ4n) is 3.68. The molecule has 0 spiro atoms. The maximum Gasteiger partial charge on any atom is 0.160 e. The van der Waals surface area contributed by atoms with E-state index in [1.54, 1.807) is 0 Å². The van der Waals surface area contributed by atoms with E-state index in [0.717, 1.165) is 58.6 Å². The average molecular weight is 420 g/mol. The largest absolute Gasteiger partial charge is 0.326 e. The van der Waals surface area contributed by atoms with E-state index in [1.807, 2.05) is 55.7 Å². The first-order chi connectivity index (χ1) is 14.5. The van der Waals surface area contributed by atoms with Gasteiger partial charge < -0.3 is 9.80 Å². The smallest absolute Gasteiger partial charge is 0.160 e. The number of fused-ring (bicyclic) bond motifs is 1. The number of benzene rings is 2. The summed E-state index contributed by atoms with van der Waals surface area (Å²) < 4.78 is 2.14. The molecule has 6 heteroatoms. The zero-order valence-electron chi connectivity index (χ0n) is 17.6. The highest BCUT2D eigenvalue weighted by Crippen LogP contribution is 2.37. The fraction of sp³-hybridized carbons (Fsp3) is 0.250. The number of aromatic nitrogens is 3. The van der Waals surface area contributed by atoms with Gasteiger partial charge in [-0.1, -0.05) is 48.0 Å². The first-order valence-corrected chi connectivity index (χ1v) is 10.5. The van der Waals surface area contributed by atoms with Gasteiger partial charge in [-0.25, -0.2) is 4.98 Å². The predicted molar refractivity (Wildman–Crippen MR) is 125 cm³/mol. The molecule has 0 unspecified atom stereocenters. The van der Waals surface area contributed by atoms with Gasteiger partial charge in [-0.05, 0) is 52.2 Å². The molecule has 0 fully saturated rings. The Balaban J connectivity index is 1.92. The summed E-state index contributed by atoms with van der Waals surface area (Å²) in [5.41, 5.74) is 4.84. The molecule has 0 radical (unpaired) electrons. The number of rotatable bonds is 7. The molecule has 4 aromatic rings. The van der Waals surface area contributed by atoms with Crippen LogP contribution in [-0.4, -0.2) is 46.5 Å². The molecule has 0 aliphatic heterocycles. The van der Waals surface area contributed by atoms with Crippen LogP contribution in [0, 0.1) is 6.92 Å². The van der Waals surface area contributed by atoms with Crippen molar-refractivity contribution in [3.63, 3.8) is 0 Å². The van der Waals surface area contributed by atoms with Gasteiger partial charge in [0, 0.05) is 35.2 Å².